The van der Waals surface area contributed by atoms with Crippen molar-refractivity contribution in [1.82, 2.24) is 0 Å². The molecule has 4 heteroatoms. The van der Waals surface area contributed by atoms with E-state index in [4.69, 9.17) is 4.74 Å². The predicted octanol–water partition coefficient (Wildman–Crippen LogP) is 2.69. The number of hydrogen-bond donors (Lipinski definition) is 1. The van der Waals surface area contributed by atoms with Crippen molar-refractivity contribution in [2.75, 3.05) is 13.2 Å². The summed E-state index contributed by atoms with van der Waals surface area (Å²) in [5.41, 5.74) is 0.435. The molecule has 0 spiro atoms. The summed E-state index contributed by atoms with van der Waals surface area (Å²) in [6.07, 6.45) is 4.09. The highest BCUT2D eigenvalue weighted by Gasteiger charge is 2.68. The molecule has 0 radical (unpaired) electrons. The molecule has 0 bridgehead atoms. The van der Waals surface area contributed by atoms with Gasteiger partial charge in [-0.15, -0.1) is 0 Å². The largest absolute Gasteiger partial charge is 0.395 e. The zero-order valence-corrected chi connectivity index (χ0v) is 13.7. The lowest BCUT2D eigenvalue weighted by molar-refractivity contribution is -0.114. The molecule has 2 fully saturated rings. The van der Waals surface area contributed by atoms with Crippen LogP contribution in [0.25, 0.3) is 0 Å². The maximum Gasteiger partial charge on any atom is 0.154 e. The first-order valence-corrected chi connectivity index (χ1v) is 8.39. The molecule has 0 amide bonds. The molecular formula is C17H17IO3. The Kier molecular flexibility index (Phi) is 3.07. The van der Waals surface area contributed by atoms with Crippen molar-refractivity contribution in [3.63, 3.8) is 0 Å². The van der Waals surface area contributed by atoms with Gasteiger partial charge in [0.15, 0.2) is 6.29 Å². The highest BCUT2D eigenvalue weighted by atomic mass is 127. The molecular weight excluding hydrogens is 379 g/mol. The van der Waals surface area contributed by atoms with Gasteiger partial charge >= 0.3 is 0 Å². The summed E-state index contributed by atoms with van der Waals surface area (Å²) in [5.74, 6) is 0.698. The van der Waals surface area contributed by atoms with Gasteiger partial charge in [0.2, 0.25) is 0 Å². The highest BCUT2D eigenvalue weighted by Crippen LogP contribution is 2.69. The Labute approximate surface area is 137 Å². The second-order valence-electron chi connectivity index (χ2n) is 6.44. The lowest BCUT2D eigenvalue weighted by Crippen LogP contribution is -2.44. The van der Waals surface area contributed by atoms with E-state index in [0.717, 1.165) is 12.7 Å². The summed E-state index contributed by atoms with van der Waals surface area (Å²) >= 11 is 2.35. The van der Waals surface area contributed by atoms with Crippen molar-refractivity contribution in [1.29, 1.82) is 0 Å². The summed E-state index contributed by atoms with van der Waals surface area (Å²) in [6, 6.07) is 10.3. The van der Waals surface area contributed by atoms with Crippen molar-refractivity contribution in [2.45, 2.75) is 17.9 Å². The van der Waals surface area contributed by atoms with Crippen LogP contribution in [0.15, 0.2) is 40.0 Å². The Morgan fingerprint density at radius 1 is 1.38 bits per heavy atom. The third-order valence-electron chi connectivity index (χ3n) is 5.60. The molecule has 1 heterocycles. The van der Waals surface area contributed by atoms with Crippen LogP contribution >= 0.6 is 22.6 Å². The molecule has 0 aromatic heterocycles. The average molecular weight is 396 g/mol. The first-order chi connectivity index (χ1) is 10.2. The van der Waals surface area contributed by atoms with Crippen molar-refractivity contribution >= 4 is 28.9 Å². The van der Waals surface area contributed by atoms with E-state index in [2.05, 4.69) is 40.8 Å². The quantitative estimate of drug-likeness (QED) is 0.484. The predicted molar refractivity (Wildman–Crippen MR) is 87.1 cm³/mol. The molecule has 3 unspecified atom stereocenters. The fourth-order valence-electron chi connectivity index (χ4n) is 4.41. The van der Waals surface area contributed by atoms with E-state index in [1.807, 2.05) is 18.2 Å². The van der Waals surface area contributed by atoms with Crippen LogP contribution in [0.2, 0.25) is 0 Å². The van der Waals surface area contributed by atoms with Crippen LogP contribution in [0.3, 0.4) is 0 Å². The molecule has 3 aliphatic rings. The normalized spacial score (nSPS) is 43.7. The fraction of sp³-hybridized carbons (Fsp3) is 0.471. The summed E-state index contributed by atoms with van der Waals surface area (Å²) in [7, 11) is 0. The molecule has 1 aromatic rings. The van der Waals surface area contributed by atoms with Gasteiger partial charge in [-0.3, -0.25) is 0 Å². The second-order valence-corrected chi connectivity index (χ2v) is 7.69. The van der Waals surface area contributed by atoms with Crippen LogP contribution in [0, 0.1) is 17.3 Å². The van der Waals surface area contributed by atoms with E-state index in [1.165, 1.54) is 9.14 Å². The number of epoxide rings is 1. The summed E-state index contributed by atoms with van der Waals surface area (Å²) in [4.78, 5) is 11.5. The molecule has 4 rings (SSSR count). The number of ether oxygens (including phenoxy) is 1. The summed E-state index contributed by atoms with van der Waals surface area (Å²) in [5, 5.41) is 10.1. The van der Waals surface area contributed by atoms with Crippen molar-refractivity contribution in [3.05, 3.63) is 45.6 Å². The Morgan fingerprint density at radius 2 is 2.10 bits per heavy atom. The molecule has 1 aliphatic heterocycles. The second kappa shape index (κ2) is 4.64. The maximum absolute atomic E-state index is 11.5. The van der Waals surface area contributed by atoms with Crippen molar-refractivity contribution in [3.8, 4) is 0 Å². The molecule has 110 valence electrons. The molecule has 1 saturated heterocycles. The summed E-state index contributed by atoms with van der Waals surface area (Å²) in [6.45, 7) is 0.666. The first-order valence-electron chi connectivity index (χ1n) is 7.31. The molecule has 1 saturated carbocycles. The van der Waals surface area contributed by atoms with Crippen LogP contribution in [0.4, 0.5) is 0 Å². The smallest absolute Gasteiger partial charge is 0.154 e. The van der Waals surface area contributed by atoms with E-state index in [-0.39, 0.29) is 29.8 Å². The zero-order valence-electron chi connectivity index (χ0n) is 11.5. The number of hydrogen-bond acceptors (Lipinski definition) is 3. The van der Waals surface area contributed by atoms with Gasteiger partial charge in [-0.05, 0) is 44.1 Å². The number of carbonyl (C=O) groups is 1. The Bertz CT molecular complexity index is 608. The fourth-order valence-corrected chi connectivity index (χ4v) is 6.00. The van der Waals surface area contributed by atoms with Gasteiger partial charge in [-0.2, -0.15) is 0 Å². The van der Waals surface area contributed by atoms with Gasteiger partial charge in [0.25, 0.3) is 0 Å². The lowest BCUT2D eigenvalue weighted by atomic mass is 9.61. The number of rotatable bonds is 4. The summed E-state index contributed by atoms with van der Waals surface area (Å²) < 4.78 is 6.79. The maximum atomic E-state index is 11.5. The number of aliphatic hydroxyl groups is 1. The van der Waals surface area contributed by atoms with Gasteiger partial charge in [-0.25, -0.2) is 0 Å². The van der Waals surface area contributed by atoms with Gasteiger partial charge < -0.3 is 14.6 Å². The SMILES string of the molecule is O=C[C@@]1(C2CC(c3ccccc3)[C@]3(CO)C=C(I)C23)CO1. The lowest BCUT2D eigenvalue weighted by Gasteiger charge is -2.45. The standard InChI is InChI=1S/C17H17IO3/c18-14-7-16(8-19)12(11-4-2-1-3-5-11)6-13(15(14)16)17(9-20)10-21-17/h1-5,7,9,12-13,15,19H,6,8,10H2/t12?,13?,15?,16-,17+/m1/s1. The average Bonchev–Trinajstić information content (AvgIpc) is 3.26. The third kappa shape index (κ3) is 1.75. The topological polar surface area (TPSA) is 49.8 Å². The van der Waals surface area contributed by atoms with Gasteiger partial charge in [0.05, 0.1) is 13.2 Å². The van der Waals surface area contributed by atoms with Gasteiger partial charge in [0, 0.05) is 17.3 Å². The highest BCUT2D eigenvalue weighted by molar-refractivity contribution is 14.1. The number of fused-ring (bicyclic) bond motifs is 1. The number of aliphatic hydroxyl groups excluding tert-OH is 1. The molecule has 3 nitrogen and oxygen atoms in total. The zero-order chi connectivity index (χ0) is 14.7. The Morgan fingerprint density at radius 3 is 2.62 bits per heavy atom. The van der Waals surface area contributed by atoms with Gasteiger partial charge in [-0.1, -0.05) is 36.4 Å². The number of benzene rings is 1. The monoisotopic (exact) mass is 396 g/mol. The van der Waals surface area contributed by atoms with E-state index < -0.39 is 5.60 Å². The number of carbonyl (C=O) groups excluding carboxylic acids is 1. The number of aldehydes is 1. The molecule has 5 atom stereocenters. The molecule has 21 heavy (non-hydrogen) atoms. The van der Waals surface area contributed by atoms with Gasteiger partial charge in [0.1, 0.15) is 5.60 Å². The van der Waals surface area contributed by atoms with Crippen LogP contribution in [0.1, 0.15) is 17.9 Å². The third-order valence-corrected chi connectivity index (χ3v) is 6.59. The van der Waals surface area contributed by atoms with E-state index >= 15 is 0 Å². The Balaban J connectivity index is 1.77. The van der Waals surface area contributed by atoms with Crippen molar-refractivity contribution in [2.24, 2.45) is 17.3 Å². The van der Waals surface area contributed by atoms with Crippen LogP contribution in [-0.2, 0) is 9.53 Å². The minimum absolute atomic E-state index is 0.134. The minimum atomic E-state index is -0.598. The van der Waals surface area contributed by atoms with E-state index in [0.29, 0.717) is 6.61 Å². The van der Waals surface area contributed by atoms with Crippen molar-refractivity contribution < 1.29 is 14.6 Å². The van der Waals surface area contributed by atoms with E-state index in [1.54, 1.807) is 0 Å². The molecule has 1 aromatic carbocycles. The van der Waals surface area contributed by atoms with Crippen LogP contribution in [0.5, 0.6) is 0 Å². The number of allylic oxidation sites excluding steroid dienone is 1. The Hall–Kier alpha value is -0.720. The molecule has 2 aliphatic carbocycles. The number of halogens is 1. The van der Waals surface area contributed by atoms with Crippen LogP contribution < -0.4 is 0 Å². The van der Waals surface area contributed by atoms with E-state index in [9.17, 15) is 9.90 Å². The first kappa shape index (κ1) is 13.9. The molecule has 1 N–H and O–H groups in total. The van der Waals surface area contributed by atoms with Crippen LogP contribution in [-0.4, -0.2) is 30.2 Å². The minimum Gasteiger partial charge on any atom is -0.395 e.